The number of hydrogen-bond acceptors (Lipinski definition) is 5. The molecule has 0 saturated carbocycles. The van der Waals surface area contributed by atoms with E-state index in [1.807, 2.05) is 43.3 Å². The molecule has 3 heterocycles. The van der Waals surface area contributed by atoms with Gasteiger partial charge in [-0.05, 0) is 37.5 Å². The van der Waals surface area contributed by atoms with Crippen LogP contribution in [0.4, 0.5) is 11.5 Å². The zero-order chi connectivity index (χ0) is 19.5. The number of aromatic nitrogens is 2. The van der Waals surface area contributed by atoms with Crippen LogP contribution < -0.4 is 10.2 Å². The molecule has 4 rings (SSSR count). The Hall–Kier alpha value is -3.46. The first-order chi connectivity index (χ1) is 13.7. The van der Waals surface area contributed by atoms with Crippen LogP contribution in [0.15, 0.2) is 48.8 Å². The van der Waals surface area contributed by atoms with E-state index in [0.29, 0.717) is 17.9 Å². The fourth-order valence-corrected chi connectivity index (χ4v) is 3.71. The van der Waals surface area contributed by atoms with Crippen LogP contribution in [-0.2, 0) is 4.79 Å². The summed E-state index contributed by atoms with van der Waals surface area (Å²) in [6, 6.07) is 13.8. The molecule has 1 unspecified atom stereocenters. The predicted molar refractivity (Wildman–Crippen MR) is 109 cm³/mol. The molecule has 1 aliphatic heterocycles. The van der Waals surface area contributed by atoms with Gasteiger partial charge in [0.05, 0.1) is 22.7 Å². The third-order valence-electron chi connectivity index (χ3n) is 5.14. The number of nitrogens with one attached hydrogen (secondary N) is 1. The van der Waals surface area contributed by atoms with Gasteiger partial charge in [-0.15, -0.1) is 0 Å². The third kappa shape index (κ3) is 3.52. The molecule has 1 atom stereocenters. The van der Waals surface area contributed by atoms with Crippen molar-refractivity contribution in [1.82, 2.24) is 9.97 Å². The topological polar surface area (TPSA) is 81.9 Å². The van der Waals surface area contributed by atoms with Crippen LogP contribution in [0.25, 0.3) is 10.9 Å². The first-order valence-electron chi connectivity index (χ1n) is 9.42. The van der Waals surface area contributed by atoms with E-state index in [4.69, 9.17) is 0 Å². The number of aryl methyl sites for hydroxylation is 1. The highest BCUT2D eigenvalue weighted by molar-refractivity contribution is 5.96. The third-order valence-corrected chi connectivity index (χ3v) is 5.14. The molecule has 0 aliphatic carbocycles. The number of piperidine rings is 1. The molecule has 6 nitrogen and oxygen atoms in total. The van der Waals surface area contributed by atoms with Crippen LogP contribution >= 0.6 is 0 Å². The van der Waals surface area contributed by atoms with E-state index in [-0.39, 0.29) is 11.8 Å². The highest BCUT2D eigenvalue weighted by atomic mass is 16.2. The number of benzene rings is 1. The lowest BCUT2D eigenvalue weighted by atomic mass is 9.95. The van der Waals surface area contributed by atoms with E-state index in [0.717, 1.165) is 41.5 Å². The number of nitriles is 1. The van der Waals surface area contributed by atoms with E-state index in [2.05, 4.69) is 26.3 Å². The van der Waals surface area contributed by atoms with Gasteiger partial charge in [0.25, 0.3) is 0 Å². The Morgan fingerprint density at radius 3 is 2.86 bits per heavy atom. The van der Waals surface area contributed by atoms with Crippen molar-refractivity contribution in [2.75, 3.05) is 23.3 Å². The molecule has 0 spiro atoms. The van der Waals surface area contributed by atoms with Gasteiger partial charge in [-0.2, -0.15) is 5.26 Å². The minimum absolute atomic E-state index is 0.0297. The zero-order valence-electron chi connectivity index (χ0n) is 15.7. The Balaban J connectivity index is 1.59. The number of carbonyl (C=O) groups excluding carboxylic acids is 1. The standard InChI is InChI=1S/C22H21N5O/c1-15-8-9-20(25-12-15)26-22(28)16-5-4-10-27(14-16)21-17(11-23)13-24-19-7-3-2-6-18(19)21/h2-3,6-9,12-13,16H,4-5,10,14H2,1H3,(H,25,26,28). The summed E-state index contributed by atoms with van der Waals surface area (Å²) in [5, 5.41) is 13.5. The van der Waals surface area contributed by atoms with E-state index in [1.54, 1.807) is 12.4 Å². The van der Waals surface area contributed by atoms with Crippen molar-refractivity contribution in [1.29, 1.82) is 5.26 Å². The maximum atomic E-state index is 12.8. The monoisotopic (exact) mass is 371 g/mol. The summed E-state index contributed by atoms with van der Waals surface area (Å²) in [5.41, 5.74) is 3.32. The van der Waals surface area contributed by atoms with Gasteiger partial charge in [0, 0.05) is 30.9 Å². The van der Waals surface area contributed by atoms with Crippen LogP contribution in [0.1, 0.15) is 24.0 Å². The van der Waals surface area contributed by atoms with Gasteiger partial charge in [0.15, 0.2) is 0 Å². The minimum Gasteiger partial charge on any atom is -0.369 e. The lowest BCUT2D eigenvalue weighted by molar-refractivity contribution is -0.120. The van der Waals surface area contributed by atoms with Gasteiger partial charge in [0.1, 0.15) is 11.9 Å². The van der Waals surface area contributed by atoms with Crippen LogP contribution in [0.2, 0.25) is 0 Å². The number of pyridine rings is 2. The number of rotatable bonds is 3. The van der Waals surface area contributed by atoms with Crippen molar-refractivity contribution in [2.45, 2.75) is 19.8 Å². The predicted octanol–water partition coefficient (Wildman–Crippen LogP) is 3.67. The molecule has 2 aromatic heterocycles. The molecule has 1 saturated heterocycles. The van der Waals surface area contributed by atoms with Crippen molar-refractivity contribution >= 4 is 28.3 Å². The number of carbonyl (C=O) groups is 1. The number of para-hydroxylation sites is 1. The SMILES string of the molecule is Cc1ccc(NC(=O)C2CCCN(c3c(C#N)cnc4ccccc34)C2)nc1. The second kappa shape index (κ2) is 7.65. The second-order valence-electron chi connectivity index (χ2n) is 7.14. The van der Waals surface area contributed by atoms with Gasteiger partial charge in [-0.3, -0.25) is 9.78 Å². The molecule has 6 heteroatoms. The Labute approximate surface area is 163 Å². The fraction of sp³-hybridized carbons (Fsp3) is 0.273. The number of hydrogen-bond donors (Lipinski definition) is 1. The second-order valence-corrected chi connectivity index (χ2v) is 7.14. The fourth-order valence-electron chi connectivity index (χ4n) is 3.71. The summed E-state index contributed by atoms with van der Waals surface area (Å²) in [6.07, 6.45) is 5.07. The normalized spacial score (nSPS) is 16.6. The smallest absolute Gasteiger partial charge is 0.230 e. The van der Waals surface area contributed by atoms with Crippen molar-refractivity contribution in [2.24, 2.45) is 5.92 Å². The molecule has 1 N–H and O–H groups in total. The van der Waals surface area contributed by atoms with Crippen LogP contribution in [0.5, 0.6) is 0 Å². The molecule has 1 fully saturated rings. The zero-order valence-corrected chi connectivity index (χ0v) is 15.7. The number of amides is 1. The first-order valence-corrected chi connectivity index (χ1v) is 9.42. The summed E-state index contributed by atoms with van der Waals surface area (Å²) in [6.45, 7) is 3.35. The lowest BCUT2D eigenvalue weighted by Gasteiger charge is -2.34. The largest absolute Gasteiger partial charge is 0.369 e. The average Bonchev–Trinajstić information content (AvgIpc) is 2.74. The van der Waals surface area contributed by atoms with Crippen LogP contribution in [0, 0.1) is 24.2 Å². The van der Waals surface area contributed by atoms with E-state index < -0.39 is 0 Å². The van der Waals surface area contributed by atoms with E-state index >= 15 is 0 Å². The molecule has 3 aromatic rings. The first kappa shape index (κ1) is 17.9. The Morgan fingerprint density at radius 2 is 2.07 bits per heavy atom. The molecule has 140 valence electrons. The quantitative estimate of drug-likeness (QED) is 0.760. The van der Waals surface area contributed by atoms with Crippen LogP contribution in [0.3, 0.4) is 0 Å². The van der Waals surface area contributed by atoms with E-state index in [1.165, 1.54) is 0 Å². The Bertz CT molecular complexity index is 1050. The highest BCUT2D eigenvalue weighted by Crippen LogP contribution is 2.32. The summed E-state index contributed by atoms with van der Waals surface area (Å²) >= 11 is 0. The van der Waals surface area contributed by atoms with E-state index in [9.17, 15) is 10.1 Å². The Morgan fingerprint density at radius 1 is 1.21 bits per heavy atom. The number of fused-ring (bicyclic) bond motifs is 1. The van der Waals surface area contributed by atoms with Gasteiger partial charge >= 0.3 is 0 Å². The maximum Gasteiger partial charge on any atom is 0.230 e. The summed E-state index contributed by atoms with van der Waals surface area (Å²) < 4.78 is 0. The molecule has 1 aliphatic rings. The number of anilines is 2. The van der Waals surface area contributed by atoms with Gasteiger partial charge < -0.3 is 10.2 Å². The highest BCUT2D eigenvalue weighted by Gasteiger charge is 2.28. The molecular weight excluding hydrogens is 350 g/mol. The minimum atomic E-state index is -0.157. The lowest BCUT2D eigenvalue weighted by Crippen LogP contribution is -2.41. The molecule has 1 aromatic carbocycles. The van der Waals surface area contributed by atoms with Gasteiger partial charge in [-0.1, -0.05) is 24.3 Å². The summed E-state index contributed by atoms with van der Waals surface area (Å²) in [5.74, 6) is 0.382. The van der Waals surface area contributed by atoms with Gasteiger partial charge in [-0.25, -0.2) is 4.98 Å². The molecular formula is C22H21N5O. The van der Waals surface area contributed by atoms with Crippen molar-refractivity contribution in [3.8, 4) is 6.07 Å². The molecule has 28 heavy (non-hydrogen) atoms. The molecule has 0 bridgehead atoms. The van der Waals surface area contributed by atoms with Crippen LogP contribution in [-0.4, -0.2) is 29.0 Å². The van der Waals surface area contributed by atoms with Gasteiger partial charge in [0.2, 0.25) is 5.91 Å². The molecule has 0 radical (unpaired) electrons. The molecule has 1 amide bonds. The Kier molecular flexibility index (Phi) is 4.90. The maximum absolute atomic E-state index is 12.8. The number of nitrogens with zero attached hydrogens (tertiary/aromatic N) is 4. The summed E-state index contributed by atoms with van der Waals surface area (Å²) in [4.78, 5) is 23.6. The van der Waals surface area contributed by atoms with Crippen molar-refractivity contribution in [3.63, 3.8) is 0 Å². The van der Waals surface area contributed by atoms with Crippen molar-refractivity contribution < 1.29 is 4.79 Å². The van der Waals surface area contributed by atoms with Crippen molar-refractivity contribution in [3.05, 3.63) is 59.9 Å². The summed E-state index contributed by atoms with van der Waals surface area (Å²) in [7, 11) is 0. The average molecular weight is 371 g/mol.